The Labute approximate surface area is 81.0 Å². The first-order chi connectivity index (χ1) is 5.39. The molecule has 0 amide bonds. The van der Waals surface area contributed by atoms with Crippen LogP contribution in [0.2, 0.25) is 0 Å². The summed E-state index contributed by atoms with van der Waals surface area (Å²) >= 11 is 10.4. The molecule has 0 heterocycles. The number of alkyl halides is 2. The molecule has 0 rings (SSSR count). The Morgan fingerprint density at radius 3 is 2.42 bits per heavy atom. The van der Waals surface area contributed by atoms with Gasteiger partial charge in [-0.15, -0.1) is 0 Å². The molecular weight excluding hydrogens is 203 g/mol. The summed E-state index contributed by atoms with van der Waals surface area (Å²) in [6.07, 6.45) is 0.706. The van der Waals surface area contributed by atoms with Gasteiger partial charge in [-0.25, -0.2) is 4.79 Å². The van der Waals surface area contributed by atoms with Crippen molar-refractivity contribution in [1.29, 1.82) is 0 Å². The van der Waals surface area contributed by atoms with Crippen molar-refractivity contribution in [3.63, 3.8) is 0 Å². The van der Waals surface area contributed by atoms with E-state index in [-0.39, 0.29) is 6.61 Å². The number of ether oxygens (including phenoxy) is 1. The Hall–Kier alpha value is -0.280. The summed E-state index contributed by atoms with van der Waals surface area (Å²) in [6.45, 7) is 3.28. The molecule has 0 radical (unpaired) electrons. The smallest absolute Gasteiger partial charge is 0.339 e. The van der Waals surface area contributed by atoms with E-state index in [4.69, 9.17) is 23.2 Å². The van der Waals surface area contributed by atoms with Crippen LogP contribution in [0.1, 0.15) is 13.8 Å². The Morgan fingerprint density at radius 2 is 2.08 bits per heavy atom. The van der Waals surface area contributed by atoms with Gasteiger partial charge in [-0.1, -0.05) is 23.2 Å². The van der Waals surface area contributed by atoms with E-state index in [1.807, 2.05) is 0 Å². The summed E-state index contributed by atoms with van der Waals surface area (Å²) in [5.74, 6) is -0.728. The van der Waals surface area contributed by atoms with E-state index in [2.05, 4.69) is 4.74 Å². The molecule has 70 valence electrons. The lowest BCUT2D eigenvalue weighted by molar-refractivity contribution is -0.145. The topological polar surface area (TPSA) is 43.4 Å². The molecule has 0 aliphatic carbocycles. The molecule has 0 saturated carbocycles. The molecule has 0 aliphatic heterocycles. The zero-order valence-corrected chi connectivity index (χ0v) is 8.35. The van der Waals surface area contributed by atoms with Crippen LogP contribution in [0, 0.1) is 5.41 Å². The van der Waals surface area contributed by atoms with E-state index in [1.165, 1.54) is 0 Å². The first-order valence-electron chi connectivity index (χ1n) is 3.30. The van der Waals surface area contributed by atoms with Gasteiger partial charge in [0.15, 0.2) is 0 Å². The van der Waals surface area contributed by atoms with Crippen molar-refractivity contribution in [2.75, 3.05) is 6.61 Å². The number of aldehydes is 1. The second kappa shape index (κ2) is 4.67. The standard InChI is InChI=1S/C7H10Cl2O3/c1-7(2,3-10)4-12-6(11)5(8)9/h3,5H,4H2,1-2H3. The van der Waals surface area contributed by atoms with Gasteiger partial charge >= 0.3 is 5.97 Å². The molecule has 0 saturated heterocycles. The van der Waals surface area contributed by atoms with Gasteiger partial charge in [0, 0.05) is 0 Å². The zero-order chi connectivity index (χ0) is 9.78. The molecule has 3 nitrogen and oxygen atoms in total. The monoisotopic (exact) mass is 212 g/mol. The van der Waals surface area contributed by atoms with Crippen LogP contribution in [0.4, 0.5) is 0 Å². The van der Waals surface area contributed by atoms with E-state index in [1.54, 1.807) is 13.8 Å². The molecule has 0 spiro atoms. The minimum Gasteiger partial charge on any atom is -0.463 e. The average molecular weight is 213 g/mol. The van der Waals surface area contributed by atoms with Gasteiger partial charge in [0.2, 0.25) is 4.84 Å². The lowest BCUT2D eigenvalue weighted by Crippen LogP contribution is -2.25. The van der Waals surface area contributed by atoms with Crippen LogP contribution in [0.5, 0.6) is 0 Å². The predicted molar refractivity (Wildman–Crippen MR) is 46.3 cm³/mol. The van der Waals surface area contributed by atoms with Crippen molar-refractivity contribution in [2.24, 2.45) is 5.41 Å². The van der Waals surface area contributed by atoms with Gasteiger partial charge in [0.25, 0.3) is 0 Å². The zero-order valence-electron chi connectivity index (χ0n) is 6.84. The molecule has 12 heavy (non-hydrogen) atoms. The molecular formula is C7H10Cl2O3. The van der Waals surface area contributed by atoms with Crippen LogP contribution < -0.4 is 0 Å². The largest absolute Gasteiger partial charge is 0.463 e. The lowest BCUT2D eigenvalue weighted by Gasteiger charge is -2.16. The fraction of sp³-hybridized carbons (Fsp3) is 0.714. The number of carbonyl (C=O) groups excluding carboxylic acids is 2. The van der Waals surface area contributed by atoms with Crippen LogP contribution in [-0.4, -0.2) is 23.7 Å². The summed E-state index contributed by atoms with van der Waals surface area (Å²) < 4.78 is 4.63. The molecule has 0 aromatic rings. The van der Waals surface area contributed by atoms with Crippen molar-refractivity contribution < 1.29 is 14.3 Å². The maximum absolute atomic E-state index is 10.7. The second-order valence-corrected chi connectivity index (χ2v) is 4.11. The molecule has 0 unspecified atom stereocenters. The second-order valence-electron chi connectivity index (χ2n) is 3.01. The molecule has 0 aromatic carbocycles. The van der Waals surface area contributed by atoms with Crippen molar-refractivity contribution in [2.45, 2.75) is 18.7 Å². The number of carbonyl (C=O) groups is 2. The third-order valence-corrected chi connectivity index (χ3v) is 1.44. The molecule has 0 aliphatic rings. The number of hydrogen-bond donors (Lipinski definition) is 0. The summed E-state index contributed by atoms with van der Waals surface area (Å²) in [4.78, 5) is 19.9. The average Bonchev–Trinajstić information content (AvgIpc) is 2.00. The van der Waals surface area contributed by atoms with E-state index < -0.39 is 16.2 Å². The highest BCUT2D eigenvalue weighted by Crippen LogP contribution is 2.13. The van der Waals surface area contributed by atoms with Gasteiger partial charge in [-0.3, -0.25) is 0 Å². The normalized spacial score (nSPS) is 11.4. The third kappa shape index (κ3) is 4.57. The van der Waals surface area contributed by atoms with Crippen LogP contribution in [-0.2, 0) is 14.3 Å². The van der Waals surface area contributed by atoms with Gasteiger partial charge in [0.05, 0.1) is 5.41 Å². The van der Waals surface area contributed by atoms with Crippen LogP contribution in [0.25, 0.3) is 0 Å². The first kappa shape index (κ1) is 11.7. The highest BCUT2D eigenvalue weighted by molar-refractivity contribution is 6.52. The van der Waals surface area contributed by atoms with E-state index in [0.717, 1.165) is 0 Å². The van der Waals surface area contributed by atoms with Crippen molar-refractivity contribution >= 4 is 35.5 Å². The first-order valence-corrected chi connectivity index (χ1v) is 4.17. The Kier molecular flexibility index (Phi) is 4.57. The molecule has 5 heteroatoms. The lowest BCUT2D eigenvalue weighted by atomic mass is 9.98. The number of rotatable bonds is 4. The van der Waals surface area contributed by atoms with Gasteiger partial charge in [0.1, 0.15) is 12.9 Å². The van der Waals surface area contributed by atoms with E-state index in [9.17, 15) is 9.59 Å². The summed E-state index contributed by atoms with van der Waals surface area (Å²) in [5.41, 5.74) is -0.682. The van der Waals surface area contributed by atoms with Crippen LogP contribution in [0.3, 0.4) is 0 Å². The quantitative estimate of drug-likeness (QED) is 0.404. The van der Waals surface area contributed by atoms with Crippen molar-refractivity contribution in [1.82, 2.24) is 0 Å². The summed E-state index contributed by atoms with van der Waals surface area (Å²) in [7, 11) is 0. The predicted octanol–water partition coefficient (Wildman–Crippen LogP) is 1.56. The fourth-order valence-corrected chi connectivity index (χ4v) is 0.480. The number of halogens is 2. The van der Waals surface area contributed by atoms with E-state index >= 15 is 0 Å². The molecule has 0 fully saturated rings. The maximum Gasteiger partial charge on any atom is 0.339 e. The molecule has 0 bridgehead atoms. The molecule has 0 aromatic heterocycles. The van der Waals surface area contributed by atoms with Crippen molar-refractivity contribution in [3.05, 3.63) is 0 Å². The van der Waals surface area contributed by atoms with Crippen LogP contribution >= 0.6 is 23.2 Å². The minimum atomic E-state index is -1.19. The summed E-state index contributed by atoms with van der Waals surface area (Å²) in [6, 6.07) is 0. The molecule has 0 atom stereocenters. The fourth-order valence-electron chi connectivity index (χ4n) is 0.354. The Morgan fingerprint density at radius 1 is 1.58 bits per heavy atom. The van der Waals surface area contributed by atoms with E-state index in [0.29, 0.717) is 6.29 Å². The van der Waals surface area contributed by atoms with Gasteiger partial charge in [-0.05, 0) is 13.8 Å². The van der Waals surface area contributed by atoms with Gasteiger partial charge < -0.3 is 9.53 Å². The SMILES string of the molecule is CC(C)(C=O)COC(=O)C(Cl)Cl. The highest BCUT2D eigenvalue weighted by atomic mass is 35.5. The number of esters is 1. The minimum absolute atomic E-state index is 0.00866. The maximum atomic E-state index is 10.7. The van der Waals surface area contributed by atoms with Crippen molar-refractivity contribution in [3.8, 4) is 0 Å². The van der Waals surface area contributed by atoms with Crippen LogP contribution in [0.15, 0.2) is 0 Å². The summed E-state index contributed by atoms with van der Waals surface area (Å²) in [5, 5.41) is 0. The number of hydrogen-bond acceptors (Lipinski definition) is 3. The highest BCUT2D eigenvalue weighted by Gasteiger charge is 2.21. The third-order valence-electron chi connectivity index (χ3n) is 1.08. The Bertz CT molecular complexity index is 177. The molecule has 0 N–H and O–H groups in total. The van der Waals surface area contributed by atoms with Gasteiger partial charge in [-0.2, -0.15) is 0 Å². The Balaban J connectivity index is 3.83.